The van der Waals surface area contributed by atoms with Gasteiger partial charge in [0.2, 0.25) is 0 Å². The third-order valence-corrected chi connectivity index (χ3v) is 12.3. The fraction of sp³-hybridized carbons (Fsp3) is 0.676. The van der Waals surface area contributed by atoms with Crippen molar-refractivity contribution < 1.29 is 4.57 Å². The maximum Gasteiger partial charge on any atom is 0.291 e. The van der Waals surface area contributed by atoms with Gasteiger partial charge in [-0.15, -0.1) is 0 Å². The van der Waals surface area contributed by atoms with Crippen molar-refractivity contribution in [3.63, 3.8) is 0 Å². The molecule has 5 atom stereocenters. The Morgan fingerprint density at radius 1 is 1.06 bits per heavy atom. The quantitative estimate of drug-likeness (QED) is 0.286. The zero-order valence-electron chi connectivity index (χ0n) is 24.0. The highest BCUT2D eigenvalue weighted by Crippen LogP contribution is 2.67. The summed E-state index contributed by atoms with van der Waals surface area (Å²) in [5.41, 5.74) is 8.33. The minimum absolute atomic E-state index is 0.0253. The summed E-state index contributed by atoms with van der Waals surface area (Å²) >= 11 is 0. The molecule has 4 aliphatic rings. The number of hydrogen-bond acceptors (Lipinski definition) is 0. The molecule has 194 valence electrons. The van der Waals surface area contributed by atoms with Gasteiger partial charge in [0.25, 0.3) is 5.82 Å². The fourth-order valence-corrected chi connectivity index (χ4v) is 10.3. The molecule has 36 heavy (non-hydrogen) atoms. The SMILES string of the molecule is C=CC1(CC)[n+]2c(C)c(C)n3c2-c2c(cccc2C24CCCCC32CCC(CCCC)C4)C1(C)CC. The normalized spacial score (nSPS) is 36.1. The van der Waals surface area contributed by atoms with E-state index in [-0.39, 0.29) is 21.9 Å². The molecule has 0 N–H and O–H groups in total. The second-order valence-corrected chi connectivity index (χ2v) is 13.1. The van der Waals surface area contributed by atoms with Gasteiger partial charge in [0.1, 0.15) is 22.5 Å². The van der Waals surface area contributed by atoms with Gasteiger partial charge in [-0.25, -0.2) is 9.13 Å². The Labute approximate surface area is 220 Å². The molecule has 2 nitrogen and oxygen atoms in total. The number of nitrogens with zero attached hydrogens (tertiary/aromatic N) is 2. The van der Waals surface area contributed by atoms with Crippen LogP contribution in [-0.4, -0.2) is 4.57 Å². The van der Waals surface area contributed by atoms with E-state index in [1.54, 1.807) is 16.7 Å². The Hall–Kier alpha value is -1.83. The van der Waals surface area contributed by atoms with Gasteiger partial charge in [-0.3, -0.25) is 0 Å². The summed E-state index contributed by atoms with van der Waals surface area (Å²) < 4.78 is 5.74. The lowest BCUT2D eigenvalue weighted by molar-refractivity contribution is -0.760. The van der Waals surface area contributed by atoms with Gasteiger partial charge in [0.15, 0.2) is 0 Å². The molecule has 3 heterocycles. The average molecular weight is 486 g/mol. The van der Waals surface area contributed by atoms with Crippen molar-refractivity contribution in [3.8, 4) is 11.4 Å². The molecule has 0 radical (unpaired) electrons. The van der Waals surface area contributed by atoms with Gasteiger partial charge in [-0.1, -0.05) is 78.2 Å². The van der Waals surface area contributed by atoms with Crippen LogP contribution >= 0.6 is 0 Å². The molecule has 0 bridgehead atoms. The summed E-state index contributed by atoms with van der Waals surface area (Å²) in [7, 11) is 0. The van der Waals surface area contributed by atoms with E-state index in [0.29, 0.717) is 0 Å². The number of unbranched alkanes of at least 4 members (excludes halogenated alkanes) is 1. The second-order valence-electron chi connectivity index (χ2n) is 13.1. The van der Waals surface area contributed by atoms with E-state index < -0.39 is 0 Å². The molecular formula is C34H49N2+. The second kappa shape index (κ2) is 8.08. The van der Waals surface area contributed by atoms with Crippen LogP contribution < -0.4 is 4.57 Å². The molecule has 0 amide bonds. The monoisotopic (exact) mass is 485 g/mol. The fourth-order valence-electron chi connectivity index (χ4n) is 10.3. The van der Waals surface area contributed by atoms with Gasteiger partial charge in [0.05, 0.1) is 5.56 Å². The van der Waals surface area contributed by atoms with E-state index >= 15 is 0 Å². The van der Waals surface area contributed by atoms with Crippen molar-refractivity contribution in [2.24, 2.45) is 5.92 Å². The first-order valence-corrected chi connectivity index (χ1v) is 15.2. The summed E-state index contributed by atoms with van der Waals surface area (Å²) in [5.74, 6) is 2.40. The molecule has 6 rings (SSSR count). The largest absolute Gasteiger partial charge is 0.291 e. The van der Waals surface area contributed by atoms with Gasteiger partial charge < -0.3 is 0 Å². The van der Waals surface area contributed by atoms with Gasteiger partial charge in [0, 0.05) is 24.7 Å². The van der Waals surface area contributed by atoms with Gasteiger partial charge >= 0.3 is 0 Å². The Kier molecular flexibility index (Phi) is 5.50. The van der Waals surface area contributed by atoms with Crippen LogP contribution in [0.15, 0.2) is 30.9 Å². The summed E-state index contributed by atoms with van der Waals surface area (Å²) in [6.45, 7) is 19.1. The number of rotatable bonds is 6. The lowest BCUT2D eigenvalue weighted by atomic mass is 9.47. The molecule has 2 fully saturated rings. The van der Waals surface area contributed by atoms with Crippen molar-refractivity contribution in [2.75, 3.05) is 0 Å². The Bertz CT molecular complexity index is 1220. The van der Waals surface area contributed by atoms with Crippen LogP contribution in [0.1, 0.15) is 127 Å². The van der Waals surface area contributed by atoms with Crippen molar-refractivity contribution in [3.05, 3.63) is 53.4 Å². The first-order valence-electron chi connectivity index (χ1n) is 15.2. The van der Waals surface area contributed by atoms with Crippen LogP contribution in [0, 0.1) is 19.8 Å². The smallest absolute Gasteiger partial charge is 0.221 e. The van der Waals surface area contributed by atoms with E-state index in [9.17, 15) is 0 Å². The van der Waals surface area contributed by atoms with Crippen LogP contribution in [0.4, 0.5) is 0 Å². The van der Waals surface area contributed by atoms with Crippen LogP contribution in [0.3, 0.4) is 0 Å². The number of benzene rings is 1. The molecule has 2 saturated carbocycles. The van der Waals surface area contributed by atoms with Crippen LogP contribution in [-0.2, 0) is 21.9 Å². The highest BCUT2D eigenvalue weighted by Gasteiger charge is 2.69. The summed E-state index contributed by atoms with van der Waals surface area (Å²) in [5, 5.41) is 0. The Morgan fingerprint density at radius 2 is 1.81 bits per heavy atom. The summed E-state index contributed by atoms with van der Waals surface area (Å²) in [6, 6.07) is 7.50. The molecule has 0 spiro atoms. The van der Waals surface area contributed by atoms with Gasteiger partial charge in [-0.2, -0.15) is 0 Å². The van der Waals surface area contributed by atoms with E-state index in [1.165, 1.54) is 81.4 Å². The molecule has 1 aromatic heterocycles. The lowest BCUT2D eigenvalue weighted by Gasteiger charge is -2.60. The van der Waals surface area contributed by atoms with Crippen molar-refractivity contribution in [1.82, 2.24) is 4.57 Å². The van der Waals surface area contributed by atoms with E-state index in [1.807, 2.05) is 0 Å². The van der Waals surface area contributed by atoms with E-state index in [2.05, 4.69) is 81.5 Å². The summed E-state index contributed by atoms with van der Waals surface area (Å²) in [6.07, 6.45) is 18.3. The highest BCUT2D eigenvalue weighted by molar-refractivity contribution is 5.73. The first-order chi connectivity index (χ1) is 17.3. The molecule has 1 aromatic carbocycles. The van der Waals surface area contributed by atoms with E-state index in [4.69, 9.17) is 0 Å². The Morgan fingerprint density at radius 3 is 2.50 bits per heavy atom. The maximum atomic E-state index is 4.53. The minimum Gasteiger partial charge on any atom is -0.221 e. The number of hydrogen-bond donors (Lipinski definition) is 0. The molecule has 2 aliphatic heterocycles. The standard InChI is InChI=1S/C34H49N2/c1-8-12-16-26-19-22-34-21-14-13-20-32(34,23-26)28-18-15-17-27-29(28)30-35(24(5)25(6)36(30)34)33(10-3,11-4)31(27,7)9-2/h10,15,17-18,26H,3,8-9,11-14,16,19-23H2,1-2,4-7H3/q+1. The van der Waals surface area contributed by atoms with Crippen LogP contribution in [0.25, 0.3) is 11.4 Å². The highest BCUT2D eigenvalue weighted by atomic mass is 15.3. The number of imidazole rings is 1. The Balaban J connectivity index is 1.74. The topological polar surface area (TPSA) is 8.81 Å². The predicted molar refractivity (Wildman–Crippen MR) is 151 cm³/mol. The summed E-state index contributed by atoms with van der Waals surface area (Å²) in [4.78, 5) is 0. The van der Waals surface area contributed by atoms with Crippen molar-refractivity contribution >= 4 is 0 Å². The van der Waals surface area contributed by atoms with Crippen molar-refractivity contribution in [2.45, 2.75) is 141 Å². The predicted octanol–water partition coefficient (Wildman–Crippen LogP) is 8.54. The molecular weight excluding hydrogens is 436 g/mol. The zero-order chi connectivity index (χ0) is 25.5. The lowest BCUT2D eigenvalue weighted by Crippen LogP contribution is -2.71. The molecule has 5 unspecified atom stereocenters. The minimum atomic E-state index is -0.105. The first kappa shape index (κ1) is 24.5. The molecule has 2 aliphatic carbocycles. The van der Waals surface area contributed by atoms with Crippen LogP contribution in [0.5, 0.6) is 0 Å². The number of allylic oxidation sites excluding steroid dienone is 1. The zero-order valence-corrected chi connectivity index (χ0v) is 24.0. The maximum absolute atomic E-state index is 4.53. The van der Waals surface area contributed by atoms with Crippen molar-refractivity contribution in [1.29, 1.82) is 0 Å². The van der Waals surface area contributed by atoms with Crippen LogP contribution in [0.2, 0.25) is 0 Å². The average Bonchev–Trinajstić information content (AvgIpc) is 3.18. The third kappa shape index (κ3) is 2.53. The van der Waals surface area contributed by atoms with E-state index in [0.717, 1.165) is 18.8 Å². The molecule has 0 saturated heterocycles. The third-order valence-electron chi connectivity index (χ3n) is 12.3. The molecule has 2 heteroatoms. The molecule has 2 aromatic rings. The van der Waals surface area contributed by atoms with Gasteiger partial charge in [-0.05, 0) is 74.5 Å². The number of aromatic nitrogens is 2.